The fourth-order valence-corrected chi connectivity index (χ4v) is 3.98. The van der Waals surface area contributed by atoms with Gasteiger partial charge in [-0.3, -0.25) is 4.79 Å². The Labute approximate surface area is 135 Å². The highest BCUT2D eigenvalue weighted by molar-refractivity contribution is 5.94. The van der Waals surface area contributed by atoms with Crippen LogP contribution in [0.1, 0.15) is 46.5 Å². The maximum Gasteiger partial charge on any atom is 0.341 e. The summed E-state index contributed by atoms with van der Waals surface area (Å²) >= 11 is 0. The standard InChI is InChI=1S/C17H24O6/c1-10(15(21)22-9-13(18)19)7-14(20)23-12-8-11-5-6-17(12,4)16(11,2)3/h11-12H,1,5-9H2,2-4H3,(H,18,19). The lowest BCUT2D eigenvalue weighted by molar-refractivity contribution is -0.158. The van der Waals surface area contributed by atoms with Crippen LogP contribution in [0.4, 0.5) is 0 Å². The van der Waals surface area contributed by atoms with Crippen molar-refractivity contribution in [3.8, 4) is 0 Å². The predicted molar refractivity (Wildman–Crippen MR) is 81.5 cm³/mol. The van der Waals surface area contributed by atoms with Gasteiger partial charge in [-0.1, -0.05) is 27.4 Å². The number of carboxylic acids is 1. The van der Waals surface area contributed by atoms with Crippen molar-refractivity contribution in [2.24, 2.45) is 16.7 Å². The van der Waals surface area contributed by atoms with E-state index in [1.165, 1.54) is 0 Å². The molecule has 2 aliphatic carbocycles. The maximum absolute atomic E-state index is 12.1. The molecule has 2 aliphatic rings. The van der Waals surface area contributed by atoms with Crippen molar-refractivity contribution in [2.75, 3.05) is 6.61 Å². The van der Waals surface area contributed by atoms with E-state index in [0.29, 0.717) is 5.92 Å². The van der Waals surface area contributed by atoms with E-state index in [2.05, 4.69) is 32.1 Å². The van der Waals surface area contributed by atoms with Crippen LogP contribution in [0, 0.1) is 16.7 Å². The van der Waals surface area contributed by atoms with Crippen molar-refractivity contribution in [2.45, 2.75) is 52.6 Å². The van der Waals surface area contributed by atoms with Gasteiger partial charge in [0, 0.05) is 11.0 Å². The summed E-state index contributed by atoms with van der Waals surface area (Å²) in [5, 5.41) is 8.46. The van der Waals surface area contributed by atoms with Crippen molar-refractivity contribution in [1.82, 2.24) is 0 Å². The van der Waals surface area contributed by atoms with Gasteiger partial charge in [-0.2, -0.15) is 0 Å². The highest BCUT2D eigenvalue weighted by Gasteiger charge is 2.62. The van der Waals surface area contributed by atoms with Crippen LogP contribution in [0.2, 0.25) is 0 Å². The Balaban J connectivity index is 1.88. The molecule has 0 heterocycles. The molecule has 0 aliphatic heterocycles. The minimum atomic E-state index is -1.26. The molecule has 2 fully saturated rings. The van der Waals surface area contributed by atoms with E-state index >= 15 is 0 Å². The Bertz CT molecular complexity index is 549. The highest BCUT2D eigenvalue weighted by atomic mass is 16.6. The van der Waals surface area contributed by atoms with Crippen molar-refractivity contribution < 1.29 is 29.0 Å². The van der Waals surface area contributed by atoms with E-state index in [1.54, 1.807) is 0 Å². The molecular weight excluding hydrogens is 300 g/mol. The quantitative estimate of drug-likeness (QED) is 0.596. The van der Waals surface area contributed by atoms with E-state index in [9.17, 15) is 14.4 Å². The number of rotatable bonds is 6. The number of aliphatic carboxylic acids is 1. The molecule has 0 aromatic heterocycles. The summed E-state index contributed by atoms with van der Waals surface area (Å²) in [5.41, 5.74) is -0.00256. The number of hydrogen-bond donors (Lipinski definition) is 1. The van der Waals surface area contributed by atoms with Crippen LogP contribution in [0.25, 0.3) is 0 Å². The zero-order valence-corrected chi connectivity index (χ0v) is 13.9. The number of hydrogen-bond acceptors (Lipinski definition) is 5. The lowest BCUT2D eigenvalue weighted by Gasteiger charge is -2.38. The van der Waals surface area contributed by atoms with Gasteiger partial charge < -0.3 is 14.6 Å². The highest BCUT2D eigenvalue weighted by Crippen LogP contribution is 2.66. The molecule has 6 nitrogen and oxygen atoms in total. The third kappa shape index (κ3) is 3.12. The number of fused-ring (bicyclic) bond motifs is 2. The number of esters is 2. The molecule has 0 saturated heterocycles. The summed E-state index contributed by atoms with van der Waals surface area (Å²) < 4.78 is 10.1. The van der Waals surface area contributed by atoms with E-state index in [-0.39, 0.29) is 28.9 Å². The van der Waals surface area contributed by atoms with E-state index in [1.807, 2.05) is 0 Å². The zero-order valence-electron chi connectivity index (χ0n) is 13.9. The first-order chi connectivity index (χ1) is 10.6. The molecule has 128 valence electrons. The molecule has 3 unspecified atom stereocenters. The van der Waals surface area contributed by atoms with Crippen LogP contribution in [-0.4, -0.2) is 35.7 Å². The molecule has 6 heteroatoms. The summed E-state index contributed by atoms with van der Waals surface area (Å²) in [6.07, 6.45) is 2.61. The molecule has 1 N–H and O–H groups in total. The molecule has 3 atom stereocenters. The fourth-order valence-electron chi connectivity index (χ4n) is 3.98. The number of carboxylic acid groups (broad SMARTS) is 1. The largest absolute Gasteiger partial charge is 0.479 e. The lowest BCUT2D eigenvalue weighted by Crippen LogP contribution is -2.38. The summed E-state index contributed by atoms with van der Waals surface area (Å²) in [6.45, 7) is 9.33. The van der Waals surface area contributed by atoms with Crippen LogP contribution in [0.5, 0.6) is 0 Å². The number of carbonyl (C=O) groups is 3. The Morgan fingerprint density at radius 3 is 2.39 bits per heavy atom. The summed E-state index contributed by atoms with van der Waals surface area (Å²) in [4.78, 5) is 33.9. The van der Waals surface area contributed by atoms with Crippen LogP contribution in [0.15, 0.2) is 12.2 Å². The average molecular weight is 324 g/mol. The third-order valence-electron chi connectivity index (χ3n) is 5.96. The Hall–Kier alpha value is -1.85. The number of carbonyl (C=O) groups excluding carboxylic acids is 2. The van der Waals surface area contributed by atoms with Crippen LogP contribution in [0.3, 0.4) is 0 Å². The van der Waals surface area contributed by atoms with Gasteiger partial charge in [-0.05, 0) is 30.6 Å². The SMILES string of the molecule is C=C(CC(=O)OC1CC2CCC1(C)C2(C)C)C(=O)OCC(=O)O. The second-order valence-electron chi connectivity index (χ2n) is 7.34. The minimum Gasteiger partial charge on any atom is -0.479 e. The summed E-state index contributed by atoms with van der Waals surface area (Å²) in [7, 11) is 0. The normalized spacial score (nSPS) is 30.7. The van der Waals surface area contributed by atoms with Crippen LogP contribution < -0.4 is 0 Å². The Morgan fingerprint density at radius 1 is 1.26 bits per heavy atom. The average Bonchev–Trinajstić information content (AvgIpc) is 2.77. The third-order valence-corrected chi connectivity index (χ3v) is 5.96. The molecule has 0 amide bonds. The van der Waals surface area contributed by atoms with Crippen molar-refractivity contribution >= 4 is 17.9 Å². The first kappa shape index (κ1) is 17.5. The molecular formula is C17H24O6. The van der Waals surface area contributed by atoms with E-state index in [4.69, 9.17) is 9.84 Å². The van der Waals surface area contributed by atoms with Crippen molar-refractivity contribution in [3.05, 3.63) is 12.2 Å². The van der Waals surface area contributed by atoms with Crippen LogP contribution in [-0.2, 0) is 23.9 Å². The topological polar surface area (TPSA) is 89.9 Å². The molecule has 2 saturated carbocycles. The first-order valence-electron chi connectivity index (χ1n) is 7.84. The second-order valence-corrected chi connectivity index (χ2v) is 7.34. The Kier molecular flexibility index (Phi) is 4.55. The van der Waals surface area contributed by atoms with Gasteiger partial charge in [-0.15, -0.1) is 0 Å². The monoisotopic (exact) mass is 324 g/mol. The molecule has 23 heavy (non-hydrogen) atoms. The molecule has 0 aromatic rings. The molecule has 2 rings (SSSR count). The fraction of sp³-hybridized carbons (Fsp3) is 0.706. The van der Waals surface area contributed by atoms with Gasteiger partial charge >= 0.3 is 17.9 Å². The van der Waals surface area contributed by atoms with Gasteiger partial charge in [0.05, 0.1) is 6.42 Å². The predicted octanol–water partition coefficient (Wildman–Crippen LogP) is 2.32. The van der Waals surface area contributed by atoms with Crippen molar-refractivity contribution in [3.63, 3.8) is 0 Å². The van der Waals surface area contributed by atoms with Gasteiger partial charge in [-0.25, -0.2) is 9.59 Å². The van der Waals surface area contributed by atoms with E-state index in [0.717, 1.165) is 19.3 Å². The van der Waals surface area contributed by atoms with Crippen LogP contribution >= 0.6 is 0 Å². The van der Waals surface area contributed by atoms with Crippen molar-refractivity contribution in [1.29, 1.82) is 0 Å². The van der Waals surface area contributed by atoms with Gasteiger partial charge in [0.25, 0.3) is 0 Å². The molecule has 2 bridgehead atoms. The lowest BCUT2D eigenvalue weighted by atomic mass is 9.70. The first-order valence-corrected chi connectivity index (χ1v) is 7.84. The maximum atomic E-state index is 12.1. The smallest absolute Gasteiger partial charge is 0.341 e. The molecule has 0 aromatic carbocycles. The summed E-state index contributed by atoms with van der Waals surface area (Å²) in [5.74, 6) is -2.11. The Morgan fingerprint density at radius 2 is 1.91 bits per heavy atom. The molecule has 0 spiro atoms. The second kappa shape index (κ2) is 5.98. The number of ether oxygens (including phenoxy) is 2. The van der Waals surface area contributed by atoms with Gasteiger partial charge in [0.2, 0.25) is 0 Å². The minimum absolute atomic E-state index is 0.0432. The van der Waals surface area contributed by atoms with Gasteiger partial charge in [0.15, 0.2) is 6.61 Å². The zero-order chi connectivity index (χ0) is 17.4. The molecule has 0 radical (unpaired) electrons. The summed E-state index contributed by atoms with van der Waals surface area (Å²) in [6, 6.07) is 0. The van der Waals surface area contributed by atoms with Gasteiger partial charge in [0.1, 0.15) is 6.10 Å². The van der Waals surface area contributed by atoms with E-state index < -0.39 is 24.5 Å².